The highest BCUT2D eigenvalue weighted by molar-refractivity contribution is 6.03. The lowest BCUT2D eigenvalue weighted by Gasteiger charge is -2.30. The summed E-state index contributed by atoms with van der Waals surface area (Å²) in [4.78, 5) is 16.2. The fourth-order valence-corrected chi connectivity index (χ4v) is 3.32. The lowest BCUT2D eigenvalue weighted by molar-refractivity contribution is -0.137. The molecule has 0 saturated carbocycles. The molecule has 0 spiro atoms. The van der Waals surface area contributed by atoms with Crippen molar-refractivity contribution in [2.75, 3.05) is 7.11 Å². The summed E-state index contributed by atoms with van der Waals surface area (Å²) >= 11 is 0. The van der Waals surface area contributed by atoms with Crippen LogP contribution in [0.4, 0.5) is 5.69 Å². The van der Waals surface area contributed by atoms with Gasteiger partial charge >= 0.3 is 5.97 Å². The smallest absolute Gasteiger partial charge is 0.304 e. The van der Waals surface area contributed by atoms with Crippen molar-refractivity contribution in [1.82, 2.24) is 0 Å². The maximum Gasteiger partial charge on any atom is 0.304 e. The van der Waals surface area contributed by atoms with Gasteiger partial charge < -0.3 is 9.84 Å². The second-order valence-corrected chi connectivity index (χ2v) is 5.90. The summed E-state index contributed by atoms with van der Waals surface area (Å²) in [6.45, 7) is 1.92. The predicted octanol–water partition coefficient (Wildman–Crippen LogP) is 3.76. The molecule has 1 N–H and O–H groups in total. The maximum atomic E-state index is 11.6. The Morgan fingerprint density at radius 3 is 2.61 bits per heavy atom. The van der Waals surface area contributed by atoms with Crippen molar-refractivity contribution < 1.29 is 14.6 Å². The van der Waals surface area contributed by atoms with E-state index in [0.29, 0.717) is 6.42 Å². The number of fused-ring (bicyclic) bond motifs is 1. The SMILES string of the molecule is COc1ccc2c(c1)C(CC(=O)O)(Cc1ccccc1)C(C)=N2. The molecule has 3 rings (SSSR count). The summed E-state index contributed by atoms with van der Waals surface area (Å²) < 4.78 is 5.32. The molecule has 0 radical (unpaired) electrons. The molecule has 0 saturated heterocycles. The molecule has 1 unspecified atom stereocenters. The van der Waals surface area contributed by atoms with Gasteiger partial charge in [0, 0.05) is 5.71 Å². The van der Waals surface area contributed by atoms with Gasteiger partial charge in [0.1, 0.15) is 5.75 Å². The zero-order valence-electron chi connectivity index (χ0n) is 13.2. The number of hydrogen-bond acceptors (Lipinski definition) is 3. The van der Waals surface area contributed by atoms with Crippen LogP contribution in [0.5, 0.6) is 5.75 Å². The van der Waals surface area contributed by atoms with Crippen LogP contribution in [0, 0.1) is 0 Å². The van der Waals surface area contributed by atoms with Gasteiger partial charge in [-0.2, -0.15) is 0 Å². The molecular weight excluding hydrogens is 290 g/mol. The molecule has 1 heterocycles. The Hall–Kier alpha value is -2.62. The number of nitrogens with zero attached hydrogens (tertiary/aromatic N) is 1. The zero-order valence-corrected chi connectivity index (χ0v) is 13.2. The summed E-state index contributed by atoms with van der Waals surface area (Å²) in [7, 11) is 1.61. The fourth-order valence-electron chi connectivity index (χ4n) is 3.32. The molecule has 2 aromatic rings. The second-order valence-electron chi connectivity index (χ2n) is 5.90. The number of benzene rings is 2. The molecule has 0 aliphatic carbocycles. The number of rotatable bonds is 5. The molecule has 118 valence electrons. The van der Waals surface area contributed by atoms with Crippen LogP contribution >= 0.6 is 0 Å². The molecule has 1 atom stereocenters. The lowest BCUT2D eigenvalue weighted by Crippen LogP contribution is -2.36. The molecule has 1 aliphatic heterocycles. The minimum Gasteiger partial charge on any atom is -0.497 e. The summed E-state index contributed by atoms with van der Waals surface area (Å²) in [6, 6.07) is 15.6. The molecule has 0 amide bonds. The maximum absolute atomic E-state index is 11.6. The highest BCUT2D eigenvalue weighted by atomic mass is 16.5. The molecule has 4 nitrogen and oxygen atoms in total. The van der Waals surface area contributed by atoms with E-state index in [0.717, 1.165) is 28.3 Å². The van der Waals surface area contributed by atoms with E-state index in [-0.39, 0.29) is 6.42 Å². The second kappa shape index (κ2) is 5.88. The lowest BCUT2D eigenvalue weighted by atomic mass is 9.71. The first-order valence-electron chi connectivity index (χ1n) is 7.55. The molecular formula is C19H19NO3. The molecule has 0 fully saturated rings. The van der Waals surface area contributed by atoms with Gasteiger partial charge in [0.25, 0.3) is 0 Å². The number of methoxy groups -OCH3 is 1. The Morgan fingerprint density at radius 2 is 1.96 bits per heavy atom. The topological polar surface area (TPSA) is 58.9 Å². The average Bonchev–Trinajstić information content (AvgIpc) is 2.79. The first kappa shape index (κ1) is 15.3. The van der Waals surface area contributed by atoms with Crippen molar-refractivity contribution in [2.24, 2.45) is 4.99 Å². The van der Waals surface area contributed by atoms with Gasteiger partial charge in [-0.25, -0.2) is 0 Å². The van der Waals surface area contributed by atoms with E-state index in [1.807, 2.05) is 55.5 Å². The van der Waals surface area contributed by atoms with Gasteiger partial charge in [-0.15, -0.1) is 0 Å². The minimum absolute atomic E-state index is 0.0113. The third kappa shape index (κ3) is 2.72. The van der Waals surface area contributed by atoms with Gasteiger partial charge in [0.15, 0.2) is 0 Å². The molecule has 4 heteroatoms. The Kier molecular flexibility index (Phi) is 3.90. The van der Waals surface area contributed by atoms with E-state index in [9.17, 15) is 9.90 Å². The summed E-state index contributed by atoms with van der Waals surface area (Å²) in [5.41, 5.74) is 3.07. The van der Waals surface area contributed by atoms with Crippen LogP contribution in [0.3, 0.4) is 0 Å². The van der Waals surface area contributed by atoms with E-state index in [1.165, 1.54) is 0 Å². The van der Waals surface area contributed by atoms with Crippen molar-refractivity contribution in [3.63, 3.8) is 0 Å². The number of aliphatic carboxylic acids is 1. The van der Waals surface area contributed by atoms with Crippen molar-refractivity contribution in [3.05, 3.63) is 59.7 Å². The van der Waals surface area contributed by atoms with Crippen molar-refractivity contribution in [1.29, 1.82) is 0 Å². The molecule has 0 aromatic heterocycles. The van der Waals surface area contributed by atoms with E-state index in [1.54, 1.807) is 7.11 Å². The van der Waals surface area contributed by atoms with Gasteiger partial charge in [-0.3, -0.25) is 9.79 Å². The van der Waals surface area contributed by atoms with E-state index in [4.69, 9.17) is 4.74 Å². The van der Waals surface area contributed by atoms with E-state index >= 15 is 0 Å². The van der Waals surface area contributed by atoms with E-state index in [2.05, 4.69) is 4.99 Å². The first-order valence-corrected chi connectivity index (χ1v) is 7.55. The zero-order chi connectivity index (χ0) is 16.4. The van der Waals surface area contributed by atoms with Crippen molar-refractivity contribution in [3.8, 4) is 5.75 Å². The summed E-state index contributed by atoms with van der Waals surface area (Å²) in [5.74, 6) is -0.109. The number of hydrogen-bond donors (Lipinski definition) is 1. The quantitative estimate of drug-likeness (QED) is 0.915. The van der Waals surface area contributed by atoms with Gasteiger partial charge in [0.05, 0.1) is 24.6 Å². The van der Waals surface area contributed by atoms with Gasteiger partial charge in [0.2, 0.25) is 0 Å². The Bertz CT molecular complexity index is 767. The van der Waals surface area contributed by atoms with E-state index < -0.39 is 11.4 Å². The standard InChI is InChI=1S/C19H19NO3/c1-13-19(12-18(21)22,11-14-6-4-3-5-7-14)16-10-15(23-2)8-9-17(16)20-13/h3-10H,11-12H2,1-2H3,(H,21,22). The van der Waals surface area contributed by atoms with Crippen LogP contribution in [0.15, 0.2) is 53.5 Å². The molecule has 1 aliphatic rings. The van der Waals surface area contributed by atoms with Crippen LogP contribution in [0.2, 0.25) is 0 Å². The van der Waals surface area contributed by atoms with Crippen molar-refractivity contribution >= 4 is 17.4 Å². The van der Waals surface area contributed by atoms with Crippen LogP contribution in [0.1, 0.15) is 24.5 Å². The molecule has 2 aromatic carbocycles. The first-order chi connectivity index (χ1) is 11.0. The highest BCUT2D eigenvalue weighted by Crippen LogP contribution is 2.46. The Balaban J connectivity index is 2.13. The summed E-state index contributed by atoms with van der Waals surface area (Å²) in [6.07, 6.45) is 0.618. The largest absolute Gasteiger partial charge is 0.497 e. The van der Waals surface area contributed by atoms with Crippen LogP contribution in [0.25, 0.3) is 0 Å². The Morgan fingerprint density at radius 1 is 1.22 bits per heavy atom. The average molecular weight is 309 g/mol. The number of carbonyl (C=O) groups is 1. The molecule has 0 bridgehead atoms. The molecule has 23 heavy (non-hydrogen) atoms. The predicted molar refractivity (Wildman–Crippen MR) is 89.8 cm³/mol. The van der Waals surface area contributed by atoms with Crippen LogP contribution in [-0.4, -0.2) is 23.9 Å². The normalized spacial score (nSPS) is 19.1. The van der Waals surface area contributed by atoms with Crippen LogP contribution < -0.4 is 4.74 Å². The van der Waals surface area contributed by atoms with Gasteiger partial charge in [-0.1, -0.05) is 30.3 Å². The third-order valence-corrected chi connectivity index (χ3v) is 4.50. The number of carboxylic acids is 1. The monoisotopic (exact) mass is 309 g/mol. The minimum atomic E-state index is -0.828. The van der Waals surface area contributed by atoms with Gasteiger partial charge in [-0.05, 0) is 42.7 Å². The number of carboxylic acid groups (broad SMARTS) is 1. The number of ether oxygens (including phenoxy) is 1. The number of aliphatic imine (C=N–C) groups is 1. The Labute approximate surface area is 135 Å². The van der Waals surface area contributed by atoms with Crippen molar-refractivity contribution in [2.45, 2.75) is 25.2 Å². The fraction of sp³-hybridized carbons (Fsp3) is 0.263. The van der Waals surface area contributed by atoms with Crippen LogP contribution in [-0.2, 0) is 16.6 Å². The summed E-state index contributed by atoms with van der Waals surface area (Å²) in [5, 5.41) is 9.50. The third-order valence-electron chi connectivity index (χ3n) is 4.50. The highest BCUT2D eigenvalue weighted by Gasteiger charge is 2.43.